The summed E-state index contributed by atoms with van der Waals surface area (Å²) >= 11 is 13.2. The maximum Gasteiger partial charge on any atom is 0.234 e. The molecule has 0 aromatic heterocycles. The summed E-state index contributed by atoms with van der Waals surface area (Å²) < 4.78 is 0. The van der Waals surface area contributed by atoms with Gasteiger partial charge in [-0.3, -0.25) is 4.79 Å². The van der Waals surface area contributed by atoms with Crippen molar-refractivity contribution in [2.75, 3.05) is 11.1 Å². The van der Waals surface area contributed by atoms with E-state index in [2.05, 4.69) is 5.32 Å². The Morgan fingerprint density at radius 3 is 2.76 bits per heavy atom. The fraction of sp³-hybridized carbons (Fsp3) is 0.0667. The normalized spacial score (nSPS) is 9.95. The molecule has 0 saturated heterocycles. The second-order valence-corrected chi connectivity index (χ2v) is 5.93. The van der Waals surface area contributed by atoms with Gasteiger partial charge >= 0.3 is 0 Å². The molecule has 0 atom stereocenters. The number of thioether (sulfide) groups is 1. The highest BCUT2D eigenvalue weighted by molar-refractivity contribution is 8.00. The van der Waals surface area contributed by atoms with Crippen LogP contribution < -0.4 is 5.32 Å². The summed E-state index contributed by atoms with van der Waals surface area (Å²) in [5.74, 6) is -0.0291. The third-order valence-electron chi connectivity index (χ3n) is 2.57. The predicted octanol–water partition coefficient (Wildman–Crippen LogP) is 4.60. The second kappa shape index (κ2) is 7.37. The molecule has 1 N–H and O–H groups in total. The summed E-state index contributed by atoms with van der Waals surface area (Å²) in [6.07, 6.45) is 0. The zero-order valence-electron chi connectivity index (χ0n) is 10.8. The first-order chi connectivity index (χ1) is 10.1. The topological polar surface area (TPSA) is 52.9 Å². The van der Waals surface area contributed by atoms with Crippen molar-refractivity contribution >= 4 is 46.6 Å². The van der Waals surface area contributed by atoms with E-state index in [9.17, 15) is 4.79 Å². The minimum Gasteiger partial charge on any atom is -0.324 e. The van der Waals surface area contributed by atoms with Crippen LogP contribution >= 0.6 is 35.0 Å². The van der Waals surface area contributed by atoms with Crippen LogP contribution in [0.1, 0.15) is 5.56 Å². The van der Waals surface area contributed by atoms with Gasteiger partial charge in [0, 0.05) is 9.92 Å². The first-order valence-electron chi connectivity index (χ1n) is 5.97. The van der Waals surface area contributed by atoms with E-state index in [-0.39, 0.29) is 11.7 Å². The quantitative estimate of drug-likeness (QED) is 0.830. The molecule has 21 heavy (non-hydrogen) atoms. The highest BCUT2D eigenvalue weighted by Crippen LogP contribution is 2.29. The molecule has 0 heterocycles. The number of hydrogen-bond acceptors (Lipinski definition) is 3. The number of halogens is 2. The van der Waals surface area contributed by atoms with Gasteiger partial charge in [0.2, 0.25) is 5.91 Å². The van der Waals surface area contributed by atoms with Crippen molar-refractivity contribution in [1.29, 1.82) is 5.26 Å². The summed E-state index contributed by atoms with van der Waals surface area (Å²) in [4.78, 5) is 12.7. The Morgan fingerprint density at radius 1 is 1.24 bits per heavy atom. The van der Waals surface area contributed by atoms with E-state index >= 15 is 0 Å². The molecule has 2 aromatic rings. The van der Waals surface area contributed by atoms with E-state index in [1.165, 1.54) is 11.8 Å². The van der Waals surface area contributed by atoms with Crippen LogP contribution in [0.4, 0.5) is 5.69 Å². The first kappa shape index (κ1) is 15.7. The van der Waals surface area contributed by atoms with Gasteiger partial charge in [-0.05, 0) is 30.3 Å². The molecular weight excluding hydrogens is 327 g/mol. The number of anilines is 1. The van der Waals surface area contributed by atoms with Crippen LogP contribution in [-0.4, -0.2) is 11.7 Å². The average molecular weight is 337 g/mol. The van der Waals surface area contributed by atoms with Gasteiger partial charge in [-0.1, -0.05) is 35.3 Å². The van der Waals surface area contributed by atoms with Gasteiger partial charge in [0.1, 0.15) is 6.07 Å². The van der Waals surface area contributed by atoms with Crippen molar-refractivity contribution in [2.24, 2.45) is 0 Å². The minimum atomic E-state index is -0.209. The molecule has 0 spiro atoms. The molecule has 0 radical (unpaired) electrons. The summed E-state index contributed by atoms with van der Waals surface area (Å²) in [5.41, 5.74) is 0.930. The Hall–Kier alpha value is -1.67. The highest BCUT2D eigenvalue weighted by Gasteiger charge is 2.09. The third-order valence-corrected chi connectivity index (χ3v) is 4.31. The predicted molar refractivity (Wildman–Crippen MR) is 87.0 cm³/mol. The molecule has 0 unspecified atom stereocenters. The van der Waals surface area contributed by atoms with Crippen molar-refractivity contribution in [1.82, 2.24) is 0 Å². The van der Waals surface area contributed by atoms with Gasteiger partial charge in [-0.25, -0.2) is 0 Å². The smallest absolute Gasteiger partial charge is 0.234 e. The maximum absolute atomic E-state index is 11.9. The Morgan fingerprint density at radius 2 is 2.00 bits per heavy atom. The molecule has 6 heteroatoms. The lowest BCUT2D eigenvalue weighted by Crippen LogP contribution is -2.14. The molecular formula is C15H10Cl2N2OS. The number of carbonyl (C=O) groups excluding carboxylic acids is 1. The Balaban J connectivity index is 2.00. The highest BCUT2D eigenvalue weighted by atomic mass is 35.5. The van der Waals surface area contributed by atoms with Crippen LogP contribution in [0, 0.1) is 11.3 Å². The van der Waals surface area contributed by atoms with Crippen LogP contribution in [0.2, 0.25) is 10.0 Å². The van der Waals surface area contributed by atoms with Gasteiger partial charge < -0.3 is 5.32 Å². The van der Waals surface area contributed by atoms with E-state index in [0.717, 1.165) is 4.90 Å². The van der Waals surface area contributed by atoms with Crippen molar-refractivity contribution in [3.8, 4) is 6.07 Å². The molecule has 2 aromatic carbocycles. The summed E-state index contributed by atoms with van der Waals surface area (Å²) in [7, 11) is 0. The zero-order valence-corrected chi connectivity index (χ0v) is 13.1. The Bertz CT molecular complexity index is 713. The maximum atomic E-state index is 11.9. The molecule has 2 rings (SSSR count). The van der Waals surface area contributed by atoms with E-state index in [1.807, 2.05) is 6.07 Å². The van der Waals surface area contributed by atoms with Gasteiger partial charge in [-0.2, -0.15) is 5.26 Å². The second-order valence-electron chi connectivity index (χ2n) is 4.07. The largest absolute Gasteiger partial charge is 0.324 e. The van der Waals surface area contributed by atoms with Crippen LogP contribution in [0.3, 0.4) is 0 Å². The molecule has 0 aliphatic rings. The third kappa shape index (κ3) is 4.40. The lowest BCUT2D eigenvalue weighted by atomic mass is 10.2. The first-order valence-corrected chi connectivity index (χ1v) is 7.71. The van der Waals surface area contributed by atoms with Crippen molar-refractivity contribution in [3.63, 3.8) is 0 Å². The van der Waals surface area contributed by atoms with Crippen LogP contribution in [0.25, 0.3) is 0 Å². The van der Waals surface area contributed by atoms with Gasteiger partial charge in [-0.15, -0.1) is 11.8 Å². The standard InChI is InChI=1S/C15H10Cl2N2OS/c16-11-5-6-12(17)14(7-11)21-9-15(20)19-13-4-2-1-3-10(13)8-18/h1-7H,9H2,(H,19,20). The fourth-order valence-corrected chi connectivity index (χ4v) is 2.90. The number of carbonyl (C=O) groups is 1. The average Bonchev–Trinajstić information content (AvgIpc) is 2.49. The number of nitriles is 1. The molecule has 0 aliphatic heterocycles. The minimum absolute atomic E-state index is 0.180. The van der Waals surface area contributed by atoms with E-state index in [4.69, 9.17) is 28.5 Å². The summed E-state index contributed by atoms with van der Waals surface area (Å²) in [5, 5.41) is 12.8. The van der Waals surface area contributed by atoms with E-state index in [0.29, 0.717) is 21.3 Å². The zero-order chi connectivity index (χ0) is 15.2. The van der Waals surface area contributed by atoms with Crippen molar-refractivity contribution < 1.29 is 4.79 Å². The molecule has 0 saturated carbocycles. The van der Waals surface area contributed by atoms with Gasteiger partial charge in [0.25, 0.3) is 0 Å². The van der Waals surface area contributed by atoms with Crippen LogP contribution in [-0.2, 0) is 4.79 Å². The molecule has 1 amide bonds. The van der Waals surface area contributed by atoms with Gasteiger partial charge in [0.15, 0.2) is 0 Å². The lowest BCUT2D eigenvalue weighted by molar-refractivity contribution is -0.113. The molecule has 0 fully saturated rings. The number of amides is 1. The van der Waals surface area contributed by atoms with E-state index in [1.54, 1.807) is 42.5 Å². The number of nitrogens with zero attached hydrogens (tertiary/aromatic N) is 1. The van der Waals surface area contributed by atoms with Crippen molar-refractivity contribution in [3.05, 3.63) is 58.1 Å². The van der Waals surface area contributed by atoms with Crippen LogP contribution in [0.5, 0.6) is 0 Å². The number of para-hydroxylation sites is 1. The van der Waals surface area contributed by atoms with Crippen molar-refractivity contribution in [2.45, 2.75) is 4.90 Å². The Kier molecular flexibility index (Phi) is 5.51. The number of benzene rings is 2. The molecule has 0 aliphatic carbocycles. The van der Waals surface area contributed by atoms with Gasteiger partial charge in [0.05, 0.1) is 22.0 Å². The number of hydrogen-bond donors (Lipinski definition) is 1. The number of rotatable bonds is 4. The molecule has 3 nitrogen and oxygen atoms in total. The fourth-order valence-electron chi connectivity index (χ4n) is 1.61. The number of nitrogens with one attached hydrogen (secondary N) is 1. The SMILES string of the molecule is N#Cc1ccccc1NC(=O)CSc1cc(Cl)ccc1Cl. The summed E-state index contributed by atoms with van der Waals surface area (Å²) in [6.45, 7) is 0. The monoisotopic (exact) mass is 336 g/mol. The van der Waals surface area contributed by atoms with E-state index < -0.39 is 0 Å². The lowest BCUT2D eigenvalue weighted by Gasteiger charge is -2.07. The molecule has 106 valence electrons. The molecule has 0 bridgehead atoms. The summed E-state index contributed by atoms with van der Waals surface area (Å²) in [6, 6.07) is 14.0. The van der Waals surface area contributed by atoms with Crippen LogP contribution in [0.15, 0.2) is 47.4 Å². The Labute approximate surface area is 136 Å².